The van der Waals surface area contributed by atoms with Gasteiger partial charge in [-0.1, -0.05) is 145 Å². The fourth-order valence-corrected chi connectivity index (χ4v) is 10.5. The average Bonchev–Trinajstić information content (AvgIpc) is 3.77. The average molecular weight is 977 g/mol. The molecule has 1 heterocycles. The summed E-state index contributed by atoms with van der Waals surface area (Å²) in [5.41, 5.74) is 4.48. The Hall–Kier alpha value is -7.35. The van der Waals surface area contributed by atoms with Gasteiger partial charge in [-0.25, -0.2) is 14.6 Å². The summed E-state index contributed by atoms with van der Waals surface area (Å²) in [6.45, 7) is 7.56. The number of hydrazone groups is 1. The highest BCUT2D eigenvalue weighted by Gasteiger charge is 2.30. The number of anilines is 1. The van der Waals surface area contributed by atoms with Crippen LogP contribution in [0.5, 0.6) is 17.2 Å². The van der Waals surface area contributed by atoms with Gasteiger partial charge in [0.05, 0.1) is 54.3 Å². The molecule has 0 aliphatic rings. The van der Waals surface area contributed by atoms with Crippen molar-refractivity contribution in [3.8, 4) is 28.4 Å². The number of sulfonamides is 1. The number of carbonyl (C=O) groups excluding carboxylic acids is 2. The number of thiazole rings is 1. The number of hydrogen-bond donors (Lipinski definition) is 0. The summed E-state index contributed by atoms with van der Waals surface area (Å²) < 4.78 is 48.2. The normalized spacial score (nSPS) is 11.6. The van der Waals surface area contributed by atoms with Gasteiger partial charge in [0.15, 0.2) is 5.75 Å². The maximum absolute atomic E-state index is 14.6. The second-order valence-electron chi connectivity index (χ2n) is 15.6. The van der Waals surface area contributed by atoms with E-state index in [1.165, 1.54) is 36.1 Å². The molecule has 0 radical (unpaired) electrons. The van der Waals surface area contributed by atoms with Crippen molar-refractivity contribution >= 4 is 99.6 Å². The molecular weight excluding hydrogens is 938 g/mol. The highest BCUT2D eigenvalue weighted by molar-refractivity contribution is 7.93. The van der Waals surface area contributed by atoms with E-state index in [-0.39, 0.29) is 53.6 Å². The molecule has 1 aromatic heterocycles. The van der Waals surface area contributed by atoms with E-state index in [1.54, 1.807) is 78.9 Å². The monoisotopic (exact) mass is 975 g/mol. The minimum Gasteiger partial charge on any atom is -0.466 e. The first-order chi connectivity index (χ1) is 32.9. The van der Waals surface area contributed by atoms with Crippen molar-refractivity contribution in [2.45, 2.75) is 31.6 Å². The molecule has 0 spiro atoms. The molecule has 14 heteroatoms. The maximum Gasteiger partial charge on any atom is 0.345 e. The number of esters is 2. The molecule has 338 valence electrons. The predicted molar refractivity (Wildman–Crippen MR) is 273 cm³/mol. The van der Waals surface area contributed by atoms with Gasteiger partial charge >= 0.3 is 11.9 Å². The topological polar surface area (TPSA) is 124 Å². The first-order valence-electron chi connectivity index (χ1n) is 21.3. The van der Waals surface area contributed by atoms with Gasteiger partial charge in [-0.2, -0.15) is 13.5 Å². The van der Waals surface area contributed by atoms with E-state index in [1.807, 2.05) is 25.1 Å². The van der Waals surface area contributed by atoms with Crippen molar-refractivity contribution < 1.29 is 32.2 Å². The lowest BCUT2D eigenvalue weighted by Gasteiger charge is -2.19. The predicted octanol–water partition coefficient (Wildman–Crippen LogP) is 14.0. The van der Waals surface area contributed by atoms with E-state index in [0.29, 0.717) is 21.4 Å². The number of para-hydroxylation sites is 1. The Bertz CT molecular complexity index is 3540. The lowest BCUT2D eigenvalue weighted by atomic mass is 9.98. The number of nitrogens with zero attached hydrogens (tertiary/aromatic N) is 3. The van der Waals surface area contributed by atoms with Crippen LogP contribution in [0.2, 0.25) is 10.0 Å². The van der Waals surface area contributed by atoms with Gasteiger partial charge in [0.2, 0.25) is 5.13 Å². The smallest absolute Gasteiger partial charge is 0.345 e. The number of ether oxygens (including phenoxy) is 3. The van der Waals surface area contributed by atoms with Crippen LogP contribution in [0.4, 0.5) is 5.13 Å². The zero-order chi connectivity index (χ0) is 47.5. The summed E-state index contributed by atoms with van der Waals surface area (Å²) in [6, 6.07) is 44.0. The Labute approximate surface area is 406 Å². The van der Waals surface area contributed by atoms with Gasteiger partial charge in [-0.05, 0) is 108 Å². The van der Waals surface area contributed by atoms with Crippen LogP contribution in [0.25, 0.3) is 42.9 Å². The second kappa shape index (κ2) is 19.5. The van der Waals surface area contributed by atoms with Crippen LogP contribution < -0.4 is 18.6 Å². The maximum atomic E-state index is 14.6. The quantitative estimate of drug-likeness (QED) is 0.0347. The molecule has 10 nitrogen and oxygen atoms in total. The molecule has 0 N–H and O–H groups in total. The molecule has 0 atom stereocenters. The van der Waals surface area contributed by atoms with Crippen molar-refractivity contribution in [3.05, 3.63) is 202 Å². The molecular formula is C54H39Cl2N3O7S2. The second-order valence-corrected chi connectivity index (χ2v) is 19.2. The first-order valence-corrected chi connectivity index (χ1v) is 24.3. The molecule has 0 amide bonds. The largest absolute Gasteiger partial charge is 0.466 e. The third kappa shape index (κ3) is 9.32. The molecule has 0 saturated carbocycles. The standard InChI is InChI=1S/C54H39Cl2N3O7S2/c1-4-10-34-17-18-37-30-38(20-19-36(37)29-34)39-23-28-44(46(55)31-39)53(61)65-50-42-11-6-7-12-43(42)51(66-52(60)35-21-24-40(25-22-35)64-5-2)49(56)45(50)32-57-59(54-58-47-13-8-9-14-48(47)67-54)68(62,63)41-26-15-33(3)16-27-41/h5-9,11-32H,2,4,10H2,1,3H3/b57-32+. The molecule has 0 aliphatic heterocycles. The van der Waals surface area contributed by atoms with E-state index in [2.05, 4.69) is 53.9 Å². The van der Waals surface area contributed by atoms with Gasteiger partial charge < -0.3 is 14.2 Å². The van der Waals surface area contributed by atoms with E-state index in [4.69, 9.17) is 37.4 Å². The summed E-state index contributed by atoms with van der Waals surface area (Å²) in [6.07, 6.45) is 4.46. The van der Waals surface area contributed by atoms with Gasteiger partial charge in [-0.15, -0.1) is 4.41 Å². The summed E-state index contributed by atoms with van der Waals surface area (Å²) in [4.78, 5) is 32.7. The number of hydrogen-bond acceptors (Lipinski definition) is 10. The number of halogens is 2. The Kier molecular flexibility index (Phi) is 13.1. The lowest BCUT2D eigenvalue weighted by molar-refractivity contribution is 0.0723. The molecule has 9 aromatic rings. The Morgan fingerprint density at radius 1 is 0.765 bits per heavy atom. The van der Waals surface area contributed by atoms with Crippen molar-refractivity contribution in [1.82, 2.24) is 4.98 Å². The van der Waals surface area contributed by atoms with E-state index in [0.717, 1.165) is 62.3 Å². The van der Waals surface area contributed by atoms with Crippen LogP contribution in [-0.4, -0.2) is 31.6 Å². The van der Waals surface area contributed by atoms with Crippen molar-refractivity contribution in [2.75, 3.05) is 4.41 Å². The fourth-order valence-electron chi connectivity index (χ4n) is 7.61. The number of fused-ring (bicyclic) bond motifs is 3. The van der Waals surface area contributed by atoms with Crippen LogP contribution >= 0.6 is 34.5 Å². The SMILES string of the molecule is C=COc1ccc(C(=O)Oc2c(Cl)c(/C=N/N(c3nc4ccccc4s3)S(=O)(=O)c3ccc(C)cc3)c(OC(=O)c3ccc(-c4ccc5cc(CCC)ccc5c4)cc3Cl)c3ccccc23)cc1. The molecule has 0 aliphatic carbocycles. The number of rotatable bonds is 14. The third-order valence-corrected chi connectivity index (χ3v) is 14.5. The highest BCUT2D eigenvalue weighted by atomic mass is 35.5. The number of aromatic nitrogens is 1. The Morgan fingerprint density at radius 2 is 1.43 bits per heavy atom. The summed E-state index contributed by atoms with van der Waals surface area (Å²) in [7, 11) is -4.43. The van der Waals surface area contributed by atoms with E-state index in [9.17, 15) is 18.0 Å². The Morgan fingerprint density at radius 3 is 2.15 bits per heavy atom. The summed E-state index contributed by atoms with van der Waals surface area (Å²) in [5, 5.41) is 7.25. The lowest BCUT2D eigenvalue weighted by Crippen LogP contribution is -2.26. The van der Waals surface area contributed by atoms with Crippen molar-refractivity contribution in [3.63, 3.8) is 0 Å². The van der Waals surface area contributed by atoms with Crippen LogP contribution in [0.1, 0.15) is 50.8 Å². The van der Waals surface area contributed by atoms with Gasteiger partial charge in [-0.3, -0.25) is 0 Å². The van der Waals surface area contributed by atoms with Gasteiger partial charge in [0, 0.05) is 10.8 Å². The molecule has 68 heavy (non-hydrogen) atoms. The van der Waals surface area contributed by atoms with Crippen LogP contribution in [0.15, 0.2) is 174 Å². The van der Waals surface area contributed by atoms with E-state index >= 15 is 0 Å². The van der Waals surface area contributed by atoms with Crippen LogP contribution in [0.3, 0.4) is 0 Å². The number of benzene rings is 8. The molecule has 8 aromatic carbocycles. The molecule has 0 unspecified atom stereocenters. The van der Waals surface area contributed by atoms with Gasteiger partial charge in [0.25, 0.3) is 10.0 Å². The minimum atomic E-state index is -4.43. The first kappa shape index (κ1) is 45.8. The number of carbonyl (C=O) groups is 2. The van der Waals surface area contributed by atoms with Crippen LogP contribution in [0, 0.1) is 6.92 Å². The van der Waals surface area contributed by atoms with E-state index < -0.39 is 22.0 Å². The fraction of sp³-hybridized carbons (Fsp3) is 0.0741. The van der Waals surface area contributed by atoms with Gasteiger partial charge in [0.1, 0.15) is 11.5 Å². The summed E-state index contributed by atoms with van der Waals surface area (Å²) in [5.74, 6) is -1.38. The van der Waals surface area contributed by atoms with Crippen LogP contribution in [-0.2, 0) is 16.4 Å². The molecule has 9 rings (SSSR count). The highest BCUT2D eigenvalue weighted by Crippen LogP contribution is 2.45. The molecule has 0 bridgehead atoms. The zero-order valence-electron chi connectivity index (χ0n) is 36.5. The van der Waals surface area contributed by atoms with Crippen molar-refractivity contribution in [2.24, 2.45) is 5.10 Å². The Balaban J connectivity index is 1.15. The number of aryl methyl sites for hydroxylation is 2. The van der Waals surface area contributed by atoms with Crippen molar-refractivity contribution in [1.29, 1.82) is 0 Å². The third-order valence-electron chi connectivity index (χ3n) is 11.0. The molecule has 0 saturated heterocycles. The summed E-state index contributed by atoms with van der Waals surface area (Å²) >= 11 is 15.2. The minimum absolute atomic E-state index is 0.0218. The molecule has 0 fully saturated rings. The zero-order valence-corrected chi connectivity index (χ0v) is 39.6.